The molecular formula is C8H3F6NO3. The molecule has 0 bridgehead atoms. The maximum Gasteiger partial charge on any atom is 0.423 e. The zero-order valence-electron chi connectivity index (χ0n) is 8.13. The quantitative estimate of drug-likeness (QED) is 0.485. The van der Waals surface area contributed by atoms with Crippen molar-refractivity contribution in [3.05, 3.63) is 33.4 Å². The molecule has 0 amide bonds. The third kappa shape index (κ3) is 2.63. The van der Waals surface area contributed by atoms with Gasteiger partial charge in [0.2, 0.25) is 0 Å². The minimum Gasteiger partial charge on any atom is -0.502 e. The highest BCUT2D eigenvalue weighted by molar-refractivity contribution is 5.56. The number of nitro benzene ring substituents is 1. The third-order valence-corrected chi connectivity index (χ3v) is 1.91. The van der Waals surface area contributed by atoms with Gasteiger partial charge in [-0.25, -0.2) is 0 Å². The van der Waals surface area contributed by atoms with Crippen LogP contribution in [0.25, 0.3) is 0 Å². The maximum atomic E-state index is 12.4. The van der Waals surface area contributed by atoms with Gasteiger partial charge in [-0.15, -0.1) is 0 Å². The number of nitrogens with zero attached hydrogens (tertiary/aromatic N) is 1. The van der Waals surface area contributed by atoms with Crippen molar-refractivity contribution in [2.24, 2.45) is 0 Å². The van der Waals surface area contributed by atoms with Crippen LogP contribution in [-0.2, 0) is 12.4 Å². The summed E-state index contributed by atoms with van der Waals surface area (Å²) in [6, 6.07) is -0.550. The molecule has 100 valence electrons. The van der Waals surface area contributed by atoms with Crippen molar-refractivity contribution in [1.29, 1.82) is 0 Å². The van der Waals surface area contributed by atoms with Gasteiger partial charge in [-0.2, -0.15) is 26.3 Å². The van der Waals surface area contributed by atoms with E-state index < -0.39 is 45.9 Å². The Morgan fingerprint density at radius 1 is 1.06 bits per heavy atom. The Bertz CT molecular complexity index is 493. The summed E-state index contributed by atoms with van der Waals surface area (Å²) in [5, 5.41) is 19.2. The van der Waals surface area contributed by atoms with Crippen LogP contribution in [0.5, 0.6) is 5.75 Å². The lowest BCUT2D eigenvalue weighted by atomic mass is 10.1. The van der Waals surface area contributed by atoms with Crippen LogP contribution in [0.2, 0.25) is 0 Å². The molecule has 10 heteroatoms. The van der Waals surface area contributed by atoms with E-state index >= 15 is 0 Å². The third-order valence-electron chi connectivity index (χ3n) is 1.91. The number of hydrogen-bond acceptors (Lipinski definition) is 3. The van der Waals surface area contributed by atoms with Crippen LogP contribution in [-0.4, -0.2) is 10.0 Å². The summed E-state index contributed by atoms with van der Waals surface area (Å²) in [6.45, 7) is 0. The molecule has 1 aromatic rings. The summed E-state index contributed by atoms with van der Waals surface area (Å²) in [5.41, 5.74) is -5.78. The molecule has 0 atom stereocenters. The highest BCUT2D eigenvalue weighted by Gasteiger charge is 2.43. The van der Waals surface area contributed by atoms with Crippen molar-refractivity contribution < 1.29 is 36.4 Å². The number of phenolic OH excluding ortho intramolecular Hbond substituents is 1. The molecule has 0 unspecified atom stereocenters. The molecule has 0 aliphatic rings. The molecule has 18 heavy (non-hydrogen) atoms. The number of rotatable bonds is 1. The number of halogens is 6. The number of alkyl halides is 6. The average molecular weight is 275 g/mol. The van der Waals surface area contributed by atoms with E-state index in [4.69, 9.17) is 5.11 Å². The molecule has 0 saturated heterocycles. The standard InChI is InChI=1S/C8H3F6NO3/c9-7(10,11)3-1-4(8(12,13)14)6(15(17)18)5(16)2-3/h1-2,16H. The molecule has 0 aromatic heterocycles. The topological polar surface area (TPSA) is 63.4 Å². The normalized spacial score (nSPS) is 12.6. The largest absolute Gasteiger partial charge is 0.502 e. The second kappa shape index (κ2) is 4.03. The zero-order chi connectivity index (χ0) is 14.3. The zero-order valence-corrected chi connectivity index (χ0v) is 8.13. The van der Waals surface area contributed by atoms with E-state index in [2.05, 4.69) is 0 Å². The van der Waals surface area contributed by atoms with Crippen LogP contribution in [0, 0.1) is 10.1 Å². The van der Waals surface area contributed by atoms with E-state index in [1.807, 2.05) is 0 Å². The highest BCUT2D eigenvalue weighted by atomic mass is 19.4. The van der Waals surface area contributed by atoms with Crippen LogP contribution in [0.15, 0.2) is 12.1 Å². The second-order valence-corrected chi connectivity index (χ2v) is 3.14. The number of benzene rings is 1. The van der Waals surface area contributed by atoms with E-state index in [1.54, 1.807) is 0 Å². The number of aromatic hydroxyl groups is 1. The monoisotopic (exact) mass is 275 g/mol. The van der Waals surface area contributed by atoms with Crippen LogP contribution in [0.3, 0.4) is 0 Å². The van der Waals surface area contributed by atoms with Gasteiger partial charge in [0.25, 0.3) is 0 Å². The summed E-state index contributed by atoms with van der Waals surface area (Å²) in [6.07, 6.45) is -10.5. The van der Waals surface area contributed by atoms with Crippen molar-refractivity contribution in [2.75, 3.05) is 0 Å². The van der Waals surface area contributed by atoms with Gasteiger partial charge in [0.05, 0.1) is 10.5 Å². The van der Waals surface area contributed by atoms with Crippen molar-refractivity contribution in [3.8, 4) is 5.75 Å². The Morgan fingerprint density at radius 3 is 1.89 bits per heavy atom. The first-order valence-corrected chi connectivity index (χ1v) is 4.10. The van der Waals surface area contributed by atoms with Gasteiger partial charge in [0.1, 0.15) is 5.56 Å². The minimum absolute atomic E-state index is 0.132. The van der Waals surface area contributed by atoms with E-state index in [9.17, 15) is 36.5 Å². The predicted molar refractivity (Wildman–Crippen MR) is 44.8 cm³/mol. The van der Waals surface area contributed by atoms with E-state index in [0.717, 1.165) is 0 Å². The van der Waals surface area contributed by atoms with Crippen LogP contribution < -0.4 is 0 Å². The fourth-order valence-electron chi connectivity index (χ4n) is 1.19. The van der Waals surface area contributed by atoms with Crippen LogP contribution in [0.4, 0.5) is 32.0 Å². The van der Waals surface area contributed by atoms with Gasteiger partial charge in [0.15, 0.2) is 5.75 Å². The average Bonchev–Trinajstić information content (AvgIpc) is 2.12. The SMILES string of the molecule is O=[N+]([O-])c1c(O)cc(C(F)(F)F)cc1C(F)(F)F. The van der Waals surface area contributed by atoms with Gasteiger partial charge in [-0.1, -0.05) is 0 Å². The summed E-state index contributed by atoms with van der Waals surface area (Å²) in [5.74, 6) is -1.69. The molecule has 0 aliphatic heterocycles. The lowest BCUT2D eigenvalue weighted by Crippen LogP contribution is -2.13. The van der Waals surface area contributed by atoms with Crippen molar-refractivity contribution in [3.63, 3.8) is 0 Å². The first-order chi connectivity index (χ1) is 7.94. The van der Waals surface area contributed by atoms with Gasteiger partial charge >= 0.3 is 18.0 Å². The smallest absolute Gasteiger partial charge is 0.423 e. The molecule has 1 rings (SSSR count). The van der Waals surface area contributed by atoms with E-state index in [-0.39, 0.29) is 6.07 Å². The van der Waals surface area contributed by atoms with Gasteiger partial charge in [-0.05, 0) is 12.1 Å². The Hall–Kier alpha value is -2.00. The summed E-state index contributed by atoms with van der Waals surface area (Å²) in [4.78, 5) is 8.72. The van der Waals surface area contributed by atoms with Gasteiger partial charge < -0.3 is 5.11 Å². The molecule has 0 spiro atoms. The summed E-state index contributed by atoms with van der Waals surface area (Å²) < 4.78 is 73.8. The van der Waals surface area contributed by atoms with Gasteiger partial charge in [-0.3, -0.25) is 10.1 Å². The first kappa shape index (κ1) is 14.1. The van der Waals surface area contributed by atoms with Crippen LogP contribution >= 0.6 is 0 Å². The number of nitro groups is 1. The molecular weight excluding hydrogens is 272 g/mol. The van der Waals surface area contributed by atoms with Crippen molar-refractivity contribution in [2.45, 2.75) is 12.4 Å². The van der Waals surface area contributed by atoms with Gasteiger partial charge in [0, 0.05) is 0 Å². The first-order valence-electron chi connectivity index (χ1n) is 4.10. The van der Waals surface area contributed by atoms with E-state index in [1.165, 1.54) is 0 Å². The molecule has 1 N–H and O–H groups in total. The summed E-state index contributed by atoms with van der Waals surface area (Å²) in [7, 11) is 0. The Morgan fingerprint density at radius 2 is 1.56 bits per heavy atom. The number of phenols is 1. The van der Waals surface area contributed by atoms with Crippen molar-refractivity contribution >= 4 is 5.69 Å². The Kier molecular flexibility index (Phi) is 3.15. The predicted octanol–water partition coefficient (Wildman–Crippen LogP) is 3.34. The highest BCUT2D eigenvalue weighted by Crippen LogP contribution is 2.44. The molecule has 0 radical (unpaired) electrons. The Labute approximate surface area is 94.6 Å². The number of hydrogen-bond donors (Lipinski definition) is 1. The van der Waals surface area contributed by atoms with Crippen molar-refractivity contribution in [1.82, 2.24) is 0 Å². The van der Waals surface area contributed by atoms with Crippen LogP contribution in [0.1, 0.15) is 11.1 Å². The minimum atomic E-state index is -5.39. The molecule has 1 aromatic carbocycles. The fourth-order valence-corrected chi connectivity index (χ4v) is 1.19. The second-order valence-electron chi connectivity index (χ2n) is 3.14. The maximum absolute atomic E-state index is 12.4. The lowest BCUT2D eigenvalue weighted by Gasteiger charge is -2.12. The molecule has 0 aliphatic carbocycles. The molecule has 0 heterocycles. The molecule has 0 saturated carbocycles. The molecule has 0 fully saturated rings. The molecule has 4 nitrogen and oxygen atoms in total. The Balaban J connectivity index is 3.64. The lowest BCUT2D eigenvalue weighted by molar-refractivity contribution is -0.389. The van der Waals surface area contributed by atoms with E-state index in [0.29, 0.717) is 0 Å². The summed E-state index contributed by atoms with van der Waals surface area (Å²) >= 11 is 0. The fraction of sp³-hybridized carbons (Fsp3) is 0.250.